The van der Waals surface area contributed by atoms with Crippen LogP contribution >= 0.6 is 11.8 Å². The van der Waals surface area contributed by atoms with Gasteiger partial charge in [-0.3, -0.25) is 9.36 Å². The summed E-state index contributed by atoms with van der Waals surface area (Å²) in [5.41, 5.74) is 0. The Labute approximate surface area is 120 Å². The number of hydrogen-bond acceptors (Lipinski definition) is 6. The fourth-order valence-electron chi connectivity index (χ4n) is 1.70. The van der Waals surface area contributed by atoms with Gasteiger partial charge in [-0.2, -0.15) is 0 Å². The lowest BCUT2D eigenvalue weighted by atomic mass is 10.2. The second kappa shape index (κ2) is 6.04. The molecular formula is C11H16N6O2S. The Balaban J connectivity index is 2.29. The molecule has 0 saturated carbocycles. The second-order valence-electron chi connectivity index (χ2n) is 4.62. The fourth-order valence-corrected chi connectivity index (χ4v) is 2.37. The Morgan fingerprint density at radius 2 is 2.15 bits per heavy atom. The molecule has 0 bridgehead atoms. The van der Waals surface area contributed by atoms with Gasteiger partial charge in [0.05, 0.1) is 12.3 Å². The Bertz CT molecular complexity index is 606. The van der Waals surface area contributed by atoms with Crippen molar-refractivity contribution in [3.63, 3.8) is 0 Å². The molecule has 2 rings (SSSR count). The fraction of sp³-hybridized carbons (Fsp3) is 0.545. The molecule has 0 saturated heterocycles. The lowest BCUT2D eigenvalue weighted by molar-refractivity contribution is -0.133. The highest BCUT2D eigenvalue weighted by molar-refractivity contribution is 7.99. The zero-order valence-corrected chi connectivity index (χ0v) is 12.3. The largest absolute Gasteiger partial charge is 0.481 e. The molecule has 0 aliphatic carbocycles. The lowest BCUT2D eigenvalue weighted by Crippen LogP contribution is -2.12. The molecule has 0 radical (unpaired) electrons. The van der Waals surface area contributed by atoms with Gasteiger partial charge in [0, 0.05) is 13.0 Å². The molecule has 2 aromatic rings. The van der Waals surface area contributed by atoms with Crippen LogP contribution in [0, 0.1) is 0 Å². The zero-order valence-electron chi connectivity index (χ0n) is 11.5. The topological polar surface area (TPSA) is 98.7 Å². The van der Waals surface area contributed by atoms with Crippen molar-refractivity contribution in [3.8, 4) is 0 Å². The van der Waals surface area contributed by atoms with Crippen LogP contribution in [0.1, 0.15) is 31.4 Å². The molecule has 0 amide bonds. The number of aryl methyl sites for hydroxylation is 1. The van der Waals surface area contributed by atoms with Crippen LogP contribution in [0.25, 0.3) is 0 Å². The van der Waals surface area contributed by atoms with E-state index < -0.39 is 5.97 Å². The highest BCUT2D eigenvalue weighted by Gasteiger charge is 2.18. The number of rotatable bonds is 6. The summed E-state index contributed by atoms with van der Waals surface area (Å²) in [7, 11) is 1.86. The van der Waals surface area contributed by atoms with Gasteiger partial charge in [0.15, 0.2) is 11.0 Å². The maximum absolute atomic E-state index is 10.7. The van der Waals surface area contributed by atoms with Crippen LogP contribution in [0.3, 0.4) is 0 Å². The van der Waals surface area contributed by atoms with E-state index in [1.807, 2.05) is 30.0 Å². The van der Waals surface area contributed by atoms with Gasteiger partial charge in [-0.25, -0.2) is 0 Å². The van der Waals surface area contributed by atoms with Gasteiger partial charge in [0.2, 0.25) is 0 Å². The molecule has 0 aromatic carbocycles. The first-order chi connectivity index (χ1) is 9.49. The van der Waals surface area contributed by atoms with E-state index in [1.165, 1.54) is 0 Å². The summed E-state index contributed by atoms with van der Waals surface area (Å²) in [6.45, 7) is 4.50. The first kappa shape index (κ1) is 14.5. The molecule has 0 aliphatic heterocycles. The third-order valence-electron chi connectivity index (χ3n) is 2.69. The number of carboxylic acid groups (broad SMARTS) is 1. The number of aromatic nitrogens is 6. The number of carbonyl (C=O) groups is 1. The van der Waals surface area contributed by atoms with Gasteiger partial charge in [0.25, 0.3) is 0 Å². The van der Waals surface area contributed by atoms with Crippen molar-refractivity contribution in [1.29, 1.82) is 0 Å². The van der Waals surface area contributed by atoms with E-state index >= 15 is 0 Å². The van der Waals surface area contributed by atoms with Crippen molar-refractivity contribution in [2.24, 2.45) is 7.05 Å². The number of nitrogens with zero attached hydrogens (tertiary/aromatic N) is 6. The van der Waals surface area contributed by atoms with Crippen molar-refractivity contribution < 1.29 is 9.90 Å². The SMILES string of the molecule is CC(C)c1nnc(SCC(=O)O)n1Cc1nncn1C. The molecular weight excluding hydrogens is 280 g/mol. The molecule has 0 atom stereocenters. The molecule has 8 nitrogen and oxygen atoms in total. The van der Waals surface area contributed by atoms with Crippen molar-refractivity contribution in [2.75, 3.05) is 5.75 Å². The molecule has 1 N–H and O–H groups in total. The number of thioether (sulfide) groups is 1. The lowest BCUT2D eigenvalue weighted by Gasteiger charge is -2.10. The van der Waals surface area contributed by atoms with E-state index in [4.69, 9.17) is 5.11 Å². The van der Waals surface area contributed by atoms with E-state index in [2.05, 4.69) is 20.4 Å². The van der Waals surface area contributed by atoms with Gasteiger partial charge in [0.1, 0.15) is 12.2 Å². The molecule has 2 aromatic heterocycles. The van der Waals surface area contributed by atoms with Crippen LogP contribution in [0.5, 0.6) is 0 Å². The molecule has 0 spiro atoms. The minimum absolute atomic E-state index is 0.0466. The summed E-state index contributed by atoms with van der Waals surface area (Å²) in [6.07, 6.45) is 1.62. The van der Waals surface area contributed by atoms with Gasteiger partial charge >= 0.3 is 5.97 Å². The monoisotopic (exact) mass is 296 g/mol. The van der Waals surface area contributed by atoms with Gasteiger partial charge in [-0.15, -0.1) is 20.4 Å². The minimum atomic E-state index is -0.880. The number of carboxylic acids is 1. The maximum atomic E-state index is 10.7. The van der Waals surface area contributed by atoms with E-state index in [-0.39, 0.29) is 11.7 Å². The Morgan fingerprint density at radius 3 is 2.70 bits per heavy atom. The first-order valence-electron chi connectivity index (χ1n) is 6.09. The van der Waals surface area contributed by atoms with Gasteiger partial charge in [-0.1, -0.05) is 25.6 Å². The summed E-state index contributed by atoms with van der Waals surface area (Å²) in [6, 6.07) is 0. The summed E-state index contributed by atoms with van der Waals surface area (Å²) in [5.74, 6) is 0.837. The van der Waals surface area contributed by atoms with Crippen LogP contribution in [0.4, 0.5) is 0 Å². The van der Waals surface area contributed by atoms with Crippen molar-refractivity contribution in [3.05, 3.63) is 18.0 Å². The minimum Gasteiger partial charge on any atom is -0.481 e. The maximum Gasteiger partial charge on any atom is 0.313 e. The molecule has 9 heteroatoms. The second-order valence-corrected chi connectivity index (χ2v) is 5.56. The summed E-state index contributed by atoms with van der Waals surface area (Å²) in [5, 5.41) is 25.5. The smallest absolute Gasteiger partial charge is 0.313 e. The van der Waals surface area contributed by atoms with E-state index in [0.717, 1.165) is 23.4 Å². The average Bonchev–Trinajstić information content (AvgIpc) is 2.95. The molecule has 108 valence electrons. The molecule has 0 fully saturated rings. The Hall–Kier alpha value is -1.90. The highest BCUT2D eigenvalue weighted by atomic mass is 32.2. The van der Waals surface area contributed by atoms with Gasteiger partial charge < -0.3 is 9.67 Å². The van der Waals surface area contributed by atoms with Crippen LogP contribution in [0.2, 0.25) is 0 Å². The van der Waals surface area contributed by atoms with Crippen molar-refractivity contribution in [2.45, 2.75) is 31.5 Å². The molecule has 2 heterocycles. The average molecular weight is 296 g/mol. The van der Waals surface area contributed by atoms with E-state index in [9.17, 15) is 4.79 Å². The van der Waals surface area contributed by atoms with Crippen molar-refractivity contribution >= 4 is 17.7 Å². The van der Waals surface area contributed by atoms with E-state index in [0.29, 0.717) is 11.7 Å². The van der Waals surface area contributed by atoms with E-state index in [1.54, 1.807) is 6.33 Å². The Kier molecular flexibility index (Phi) is 4.38. The normalized spacial score (nSPS) is 11.2. The summed E-state index contributed by atoms with van der Waals surface area (Å²) in [4.78, 5) is 10.7. The molecule has 0 unspecified atom stereocenters. The summed E-state index contributed by atoms with van der Waals surface area (Å²) >= 11 is 1.15. The Morgan fingerprint density at radius 1 is 1.40 bits per heavy atom. The van der Waals surface area contributed by atoms with Crippen LogP contribution in [-0.4, -0.2) is 46.4 Å². The number of hydrogen-bond donors (Lipinski definition) is 1. The first-order valence-corrected chi connectivity index (χ1v) is 7.08. The predicted molar refractivity (Wildman–Crippen MR) is 72.6 cm³/mol. The quantitative estimate of drug-likeness (QED) is 0.785. The predicted octanol–water partition coefficient (Wildman–Crippen LogP) is 0.755. The standard InChI is InChI=1S/C11H16N6O2S/c1-7(2)10-14-15-11(20-5-9(18)19)17(10)4-8-13-12-6-16(8)3/h6-7H,4-5H2,1-3H3,(H,18,19). The third kappa shape index (κ3) is 3.16. The third-order valence-corrected chi connectivity index (χ3v) is 3.64. The zero-order chi connectivity index (χ0) is 14.7. The van der Waals surface area contributed by atoms with Crippen molar-refractivity contribution in [1.82, 2.24) is 29.5 Å². The molecule has 20 heavy (non-hydrogen) atoms. The number of aliphatic carboxylic acids is 1. The summed E-state index contributed by atoms with van der Waals surface area (Å²) < 4.78 is 3.71. The van der Waals surface area contributed by atoms with Crippen LogP contribution < -0.4 is 0 Å². The van der Waals surface area contributed by atoms with Crippen LogP contribution in [0.15, 0.2) is 11.5 Å². The molecule has 0 aliphatic rings. The highest BCUT2D eigenvalue weighted by Crippen LogP contribution is 2.22. The van der Waals surface area contributed by atoms with Gasteiger partial charge in [-0.05, 0) is 0 Å². The van der Waals surface area contributed by atoms with Crippen LogP contribution in [-0.2, 0) is 18.4 Å².